The smallest absolute Gasteiger partial charge is 0.0934 e. The molecule has 280 valence electrons. The molecule has 1 saturated heterocycles. The van der Waals surface area contributed by atoms with Crippen molar-refractivity contribution in [1.82, 2.24) is 9.80 Å². The van der Waals surface area contributed by atoms with Gasteiger partial charge in [0.15, 0.2) is 0 Å². The molecule has 0 radical (unpaired) electrons. The monoisotopic (exact) mass is 671 g/mol. The van der Waals surface area contributed by atoms with Gasteiger partial charge >= 0.3 is 0 Å². The molecule has 0 spiro atoms. The molecule has 1 aliphatic rings. The largest absolute Gasteiger partial charge is 0.379 e. The number of allylic oxidation sites excluding steroid dienone is 8. The van der Waals surface area contributed by atoms with Crippen molar-refractivity contribution in [2.45, 2.75) is 174 Å². The van der Waals surface area contributed by atoms with Gasteiger partial charge in [0.25, 0.3) is 0 Å². The Balaban J connectivity index is 2.05. The van der Waals surface area contributed by atoms with Crippen LogP contribution in [0.4, 0.5) is 0 Å². The molecule has 1 rings (SSSR count). The third-order valence-corrected chi connectivity index (χ3v) is 9.55. The minimum absolute atomic E-state index is 0.205. The molecule has 0 aromatic carbocycles. The summed E-state index contributed by atoms with van der Waals surface area (Å²) in [6.45, 7) is 12.7. The molecule has 1 atom stereocenters. The highest BCUT2D eigenvalue weighted by Gasteiger charge is 2.19. The van der Waals surface area contributed by atoms with E-state index < -0.39 is 0 Å². The van der Waals surface area contributed by atoms with Crippen molar-refractivity contribution in [3.8, 4) is 0 Å². The fourth-order valence-corrected chi connectivity index (χ4v) is 6.22. The molecule has 48 heavy (non-hydrogen) atoms. The summed E-state index contributed by atoms with van der Waals surface area (Å²) in [4.78, 5) is 5.01. The van der Waals surface area contributed by atoms with Gasteiger partial charge in [0.2, 0.25) is 0 Å². The van der Waals surface area contributed by atoms with Crippen LogP contribution in [0.2, 0.25) is 0 Å². The summed E-state index contributed by atoms with van der Waals surface area (Å²) in [7, 11) is 2.23. The molecule has 0 bridgehead atoms. The first-order valence-corrected chi connectivity index (χ1v) is 21.0. The van der Waals surface area contributed by atoms with Crippen LogP contribution < -0.4 is 0 Å². The fraction of sp³-hybridized carbons (Fsp3) is 0.818. The Morgan fingerprint density at radius 2 is 0.896 bits per heavy atom. The van der Waals surface area contributed by atoms with E-state index in [0.29, 0.717) is 0 Å². The fourth-order valence-electron chi connectivity index (χ4n) is 6.22. The average molecular weight is 671 g/mol. The summed E-state index contributed by atoms with van der Waals surface area (Å²) in [5.74, 6) is 0. The van der Waals surface area contributed by atoms with Crippen LogP contribution in [0.5, 0.6) is 0 Å². The lowest BCUT2D eigenvalue weighted by Crippen LogP contribution is -2.48. The predicted octanol–water partition coefficient (Wildman–Crippen LogP) is 12.3. The van der Waals surface area contributed by atoms with Crippen molar-refractivity contribution in [3.05, 3.63) is 48.6 Å². The predicted molar refractivity (Wildman–Crippen MR) is 213 cm³/mol. The Bertz CT molecular complexity index is 753. The SMILES string of the molecule is CCCCC/C=C\C/C=C\CCCCCCCCOC[C@@H](CN1CCN(C)CC1)OCCCCCCCC/C=C\C/C=C\CCCCC. The van der Waals surface area contributed by atoms with Gasteiger partial charge in [0, 0.05) is 45.9 Å². The zero-order valence-corrected chi connectivity index (χ0v) is 32.5. The van der Waals surface area contributed by atoms with Crippen LogP contribution in [0.3, 0.4) is 0 Å². The second-order valence-electron chi connectivity index (χ2n) is 14.3. The van der Waals surface area contributed by atoms with Crippen molar-refractivity contribution in [2.24, 2.45) is 0 Å². The highest BCUT2D eigenvalue weighted by molar-refractivity contribution is 4.93. The maximum Gasteiger partial charge on any atom is 0.0934 e. The number of hydrogen-bond acceptors (Lipinski definition) is 4. The number of hydrogen-bond donors (Lipinski definition) is 0. The quantitative estimate of drug-likeness (QED) is 0.0495. The lowest BCUT2D eigenvalue weighted by atomic mass is 10.1. The van der Waals surface area contributed by atoms with Gasteiger partial charge in [-0.05, 0) is 84.1 Å². The summed E-state index contributed by atoms with van der Waals surface area (Å²) in [6, 6.07) is 0. The van der Waals surface area contributed by atoms with Crippen LogP contribution in [-0.2, 0) is 9.47 Å². The van der Waals surface area contributed by atoms with Crippen molar-refractivity contribution < 1.29 is 9.47 Å². The molecule has 0 saturated carbocycles. The number of rotatable bonds is 35. The van der Waals surface area contributed by atoms with Gasteiger partial charge in [0.05, 0.1) is 12.7 Å². The highest BCUT2D eigenvalue weighted by atomic mass is 16.5. The third kappa shape index (κ3) is 32.0. The summed E-state index contributed by atoms with van der Waals surface area (Å²) < 4.78 is 12.6. The Morgan fingerprint density at radius 1 is 0.479 bits per heavy atom. The van der Waals surface area contributed by atoms with E-state index in [1.165, 1.54) is 141 Å². The van der Waals surface area contributed by atoms with Gasteiger partial charge in [-0.25, -0.2) is 0 Å². The van der Waals surface area contributed by atoms with Gasteiger partial charge in [-0.1, -0.05) is 140 Å². The van der Waals surface area contributed by atoms with Crippen LogP contribution >= 0.6 is 0 Å². The molecule has 0 unspecified atom stereocenters. The zero-order chi connectivity index (χ0) is 34.4. The van der Waals surface area contributed by atoms with Crippen LogP contribution in [-0.4, -0.2) is 75.5 Å². The van der Waals surface area contributed by atoms with E-state index >= 15 is 0 Å². The van der Waals surface area contributed by atoms with Crippen LogP contribution in [0.1, 0.15) is 168 Å². The molecule has 0 N–H and O–H groups in total. The van der Waals surface area contributed by atoms with E-state index in [-0.39, 0.29) is 6.10 Å². The second-order valence-corrected chi connectivity index (χ2v) is 14.3. The van der Waals surface area contributed by atoms with E-state index in [1.807, 2.05) is 0 Å². The zero-order valence-electron chi connectivity index (χ0n) is 32.5. The molecular weight excluding hydrogens is 588 g/mol. The van der Waals surface area contributed by atoms with E-state index in [1.54, 1.807) is 0 Å². The Morgan fingerprint density at radius 3 is 1.38 bits per heavy atom. The Kier molecular flexibility index (Phi) is 34.6. The summed E-state index contributed by atoms with van der Waals surface area (Å²) >= 11 is 0. The minimum Gasteiger partial charge on any atom is -0.379 e. The molecule has 0 aromatic rings. The van der Waals surface area contributed by atoms with E-state index in [2.05, 4.69) is 79.3 Å². The number of unbranched alkanes of at least 4 members (excludes halogenated alkanes) is 18. The topological polar surface area (TPSA) is 24.9 Å². The summed E-state index contributed by atoms with van der Waals surface area (Å²) in [5.41, 5.74) is 0. The second kappa shape index (κ2) is 37.1. The van der Waals surface area contributed by atoms with Crippen LogP contribution in [0, 0.1) is 0 Å². The van der Waals surface area contributed by atoms with Gasteiger partial charge in [-0.2, -0.15) is 0 Å². The number of piperazine rings is 1. The maximum absolute atomic E-state index is 6.42. The van der Waals surface area contributed by atoms with Gasteiger partial charge in [-0.3, -0.25) is 4.90 Å². The molecule has 0 aliphatic carbocycles. The maximum atomic E-state index is 6.42. The van der Waals surface area contributed by atoms with Crippen molar-refractivity contribution >= 4 is 0 Å². The van der Waals surface area contributed by atoms with E-state index in [0.717, 1.165) is 65.4 Å². The molecule has 0 amide bonds. The van der Waals surface area contributed by atoms with Gasteiger partial charge in [-0.15, -0.1) is 0 Å². The van der Waals surface area contributed by atoms with E-state index in [4.69, 9.17) is 9.47 Å². The molecular formula is C44H82N2O2. The molecule has 4 heteroatoms. The average Bonchev–Trinajstić information content (AvgIpc) is 3.09. The Labute approximate surface area is 300 Å². The standard InChI is InChI=1S/C44H82N2O2/c1-4-6-8-10-12-14-16-18-20-22-24-26-28-30-32-34-40-47-43-44(42-46-38-36-45(3)37-39-46)48-41-35-33-31-29-27-25-23-21-19-17-15-13-11-9-7-5-2/h12-15,18-21,44H,4-11,16-17,22-43H2,1-3H3/b14-12-,15-13-,20-18-,21-19-/t44-/m1/s1. The highest BCUT2D eigenvalue weighted by Crippen LogP contribution is 2.12. The summed E-state index contributed by atoms with van der Waals surface area (Å²) in [6.07, 6.45) is 49.8. The third-order valence-electron chi connectivity index (χ3n) is 9.55. The van der Waals surface area contributed by atoms with Gasteiger partial charge in [0.1, 0.15) is 0 Å². The normalized spacial score (nSPS) is 15.7. The van der Waals surface area contributed by atoms with Gasteiger partial charge < -0.3 is 14.4 Å². The molecule has 1 fully saturated rings. The molecule has 4 nitrogen and oxygen atoms in total. The van der Waals surface area contributed by atoms with Crippen molar-refractivity contribution in [1.29, 1.82) is 0 Å². The van der Waals surface area contributed by atoms with Crippen molar-refractivity contribution in [2.75, 3.05) is 59.6 Å². The van der Waals surface area contributed by atoms with Crippen LogP contribution in [0.25, 0.3) is 0 Å². The van der Waals surface area contributed by atoms with E-state index in [9.17, 15) is 0 Å². The Hall–Kier alpha value is -1.20. The van der Waals surface area contributed by atoms with Crippen molar-refractivity contribution in [3.63, 3.8) is 0 Å². The lowest BCUT2D eigenvalue weighted by Gasteiger charge is -2.34. The number of ether oxygens (including phenoxy) is 2. The molecule has 1 aliphatic heterocycles. The number of likely N-dealkylation sites (N-methyl/N-ethyl adjacent to an activating group) is 1. The first-order chi connectivity index (χ1) is 23.8. The summed E-state index contributed by atoms with van der Waals surface area (Å²) in [5, 5.41) is 0. The number of nitrogens with zero attached hydrogens (tertiary/aromatic N) is 2. The molecule has 0 aromatic heterocycles. The lowest BCUT2D eigenvalue weighted by molar-refractivity contribution is -0.0388. The first-order valence-electron chi connectivity index (χ1n) is 21.0. The molecule has 1 heterocycles. The first kappa shape index (κ1) is 44.8. The van der Waals surface area contributed by atoms with Crippen LogP contribution in [0.15, 0.2) is 48.6 Å². The minimum atomic E-state index is 0.205.